The predicted molar refractivity (Wildman–Crippen MR) is 134 cm³/mol. The molecule has 2 N–H and O–H groups in total. The lowest BCUT2D eigenvalue weighted by Gasteiger charge is -2.21. The standard InChI is InChI=1S/C27H29ClN2O3/c1-5-25(22-13-14-24(28)17(2)15-22)29-23-8-6-7-21(16-23)19-9-11-20(12-10-19)26(31)30(4)18(3)27(32)33/h6-16,18,25,29H,5H2,1-4H3,(H,32,33). The van der Waals surface area contributed by atoms with E-state index in [9.17, 15) is 9.59 Å². The summed E-state index contributed by atoms with van der Waals surface area (Å²) in [6.45, 7) is 5.64. The SMILES string of the molecule is CCC(Nc1cccc(-c2ccc(C(=O)N(C)C(C)C(=O)O)cc2)c1)c1ccc(Cl)c(C)c1. The van der Waals surface area contributed by atoms with E-state index in [-0.39, 0.29) is 11.9 Å². The first-order valence-electron chi connectivity index (χ1n) is 10.9. The van der Waals surface area contributed by atoms with Crippen LogP contribution in [-0.4, -0.2) is 35.0 Å². The second kappa shape index (κ2) is 10.5. The molecule has 1 amide bonds. The highest BCUT2D eigenvalue weighted by atomic mass is 35.5. The quantitative estimate of drug-likeness (QED) is 0.403. The lowest BCUT2D eigenvalue weighted by Crippen LogP contribution is -2.40. The summed E-state index contributed by atoms with van der Waals surface area (Å²) in [6, 6.07) is 20.7. The Kier molecular flexibility index (Phi) is 7.77. The molecule has 0 spiro atoms. The molecule has 0 saturated carbocycles. The monoisotopic (exact) mass is 464 g/mol. The zero-order valence-corrected chi connectivity index (χ0v) is 20.1. The number of likely N-dealkylation sites (N-methyl/N-ethyl adjacent to an activating group) is 1. The lowest BCUT2D eigenvalue weighted by atomic mass is 10.0. The lowest BCUT2D eigenvalue weighted by molar-refractivity contribution is -0.141. The molecule has 6 heteroatoms. The maximum atomic E-state index is 12.6. The first kappa shape index (κ1) is 24.3. The van der Waals surface area contributed by atoms with Crippen LogP contribution in [0.15, 0.2) is 66.7 Å². The Morgan fingerprint density at radius 3 is 2.33 bits per heavy atom. The van der Waals surface area contributed by atoms with E-state index >= 15 is 0 Å². The largest absolute Gasteiger partial charge is 0.480 e. The Morgan fingerprint density at radius 2 is 1.73 bits per heavy atom. The van der Waals surface area contributed by atoms with Crippen molar-refractivity contribution in [2.24, 2.45) is 0 Å². The molecule has 3 rings (SSSR count). The van der Waals surface area contributed by atoms with Crippen LogP contribution in [0.5, 0.6) is 0 Å². The average molecular weight is 465 g/mol. The van der Waals surface area contributed by atoms with Gasteiger partial charge in [-0.1, -0.05) is 54.9 Å². The van der Waals surface area contributed by atoms with Crippen LogP contribution in [0.3, 0.4) is 0 Å². The molecule has 172 valence electrons. The van der Waals surface area contributed by atoms with Crippen molar-refractivity contribution in [3.63, 3.8) is 0 Å². The van der Waals surface area contributed by atoms with Crippen molar-refractivity contribution in [2.45, 2.75) is 39.3 Å². The molecule has 33 heavy (non-hydrogen) atoms. The van der Waals surface area contributed by atoms with Gasteiger partial charge in [-0.25, -0.2) is 4.79 Å². The normalized spacial score (nSPS) is 12.6. The van der Waals surface area contributed by atoms with E-state index in [0.29, 0.717) is 5.56 Å². The fourth-order valence-corrected chi connectivity index (χ4v) is 3.76. The summed E-state index contributed by atoms with van der Waals surface area (Å²) in [5.74, 6) is -1.36. The molecule has 0 aliphatic rings. The third kappa shape index (κ3) is 5.74. The summed E-state index contributed by atoms with van der Waals surface area (Å²) in [7, 11) is 1.50. The van der Waals surface area contributed by atoms with Gasteiger partial charge in [0, 0.05) is 23.3 Å². The molecular formula is C27H29ClN2O3. The van der Waals surface area contributed by atoms with Gasteiger partial charge in [0.05, 0.1) is 6.04 Å². The number of carbonyl (C=O) groups excluding carboxylic acids is 1. The summed E-state index contributed by atoms with van der Waals surface area (Å²) < 4.78 is 0. The van der Waals surface area contributed by atoms with Crippen LogP contribution in [0.1, 0.15) is 47.8 Å². The van der Waals surface area contributed by atoms with E-state index < -0.39 is 12.0 Å². The van der Waals surface area contributed by atoms with Crippen molar-refractivity contribution < 1.29 is 14.7 Å². The molecule has 0 heterocycles. The molecule has 0 aliphatic heterocycles. The number of rotatable bonds is 8. The van der Waals surface area contributed by atoms with E-state index in [1.807, 2.05) is 43.3 Å². The maximum Gasteiger partial charge on any atom is 0.326 e. The van der Waals surface area contributed by atoms with Crippen molar-refractivity contribution in [1.82, 2.24) is 4.90 Å². The van der Waals surface area contributed by atoms with Crippen LogP contribution in [-0.2, 0) is 4.79 Å². The Labute approximate surface area is 200 Å². The Bertz CT molecular complexity index is 1140. The highest BCUT2D eigenvalue weighted by molar-refractivity contribution is 6.31. The summed E-state index contributed by atoms with van der Waals surface area (Å²) in [4.78, 5) is 25.0. The van der Waals surface area contributed by atoms with Gasteiger partial charge in [-0.05, 0) is 72.9 Å². The van der Waals surface area contributed by atoms with Crippen molar-refractivity contribution in [1.29, 1.82) is 0 Å². The number of nitrogens with zero attached hydrogens (tertiary/aromatic N) is 1. The number of benzene rings is 3. The minimum Gasteiger partial charge on any atom is -0.480 e. The maximum absolute atomic E-state index is 12.6. The number of anilines is 1. The summed E-state index contributed by atoms with van der Waals surface area (Å²) in [5.41, 5.74) is 5.69. The van der Waals surface area contributed by atoms with Crippen LogP contribution < -0.4 is 5.32 Å². The Hall–Kier alpha value is -3.31. The number of halogens is 1. The van der Waals surface area contributed by atoms with Gasteiger partial charge in [-0.3, -0.25) is 4.79 Å². The number of nitrogens with one attached hydrogen (secondary N) is 1. The molecule has 0 radical (unpaired) electrons. The van der Waals surface area contributed by atoms with Gasteiger partial charge in [-0.15, -0.1) is 0 Å². The molecule has 2 unspecified atom stereocenters. The molecule has 2 atom stereocenters. The highest BCUT2D eigenvalue weighted by Crippen LogP contribution is 2.29. The molecule has 0 aromatic heterocycles. The second-order valence-corrected chi connectivity index (χ2v) is 8.61. The summed E-state index contributed by atoms with van der Waals surface area (Å²) in [5, 5.41) is 13.5. The molecule has 0 aliphatic carbocycles. The van der Waals surface area contributed by atoms with Crippen LogP contribution in [0.4, 0.5) is 5.69 Å². The fourth-order valence-electron chi connectivity index (χ4n) is 3.65. The van der Waals surface area contributed by atoms with E-state index in [0.717, 1.165) is 33.8 Å². The molecule has 3 aromatic rings. The Morgan fingerprint density at radius 1 is 1.03 bits per heavy atom. The highest BCUT2D eigenvalue weighted by Gasteiger charge is 2.22. The van der Waals surface area contributed by atoms with Crippen LogP contribution >= 0.6 is 11.6 Å². The third-order valence-electron chi connectivity index (χ3n) is 5.92. The van der Waals surface area contributed by atoms with E-state index in [1.54, 1.807) is 12.1 Å². The van der Waals surface area contributed by atoms with Gasteiger partial charge < -0.3 is 15.3 Å². The number of aliphatic carboxylic acids is 1. The number of carboxylic acids is 1. The van der Waals surface area contributed by atoms with Crippen molar-refractivity contribution in [3.8, 4) is 11.1 Å². The molecule has 0 fully saturated rings. The van der Waals surface area contributed by atoms with Crippen molar-refractivity contribution in [2.75, 3.05) is 12.4 Å². The van der Waals surface area contributed by atoms with Crippen molar-refractivity contribution >= 4 is 29.2 Å². The zero-order chi connectivity index (χ0) is 24.1. The van der Waals surface area contributed by atoms with Crippen molar-refractivity contribution in [3.05, 3.63) is 88.4 Å². The average Bonchev–Trinajstić information content (AvgIpc) is 2.83. The molecular weight excluding hydrogens is 436 g/mol. The van der Waals surface area contributed by atoms with Gasteiger partial charge in [0.25, 0.3) is 5.91 Å². The molecule has 0 bridgehead atoms. The third-order valence-corrected chi connectivity index (χ3v) is 6.34. The number of carbonyl (C=O) groups is 2. The van der Waals surface area contributed by atoms with Crippen LogP contribution in [0, 0.1) is 6.92 Å². The topological polar surface area (TPSA) is 69.6 Å². The zero-order valence-electron chi connectivity index (χ0n) is 19.3. The number of amides is 1. The van der Waals surface area contributed by atoms with Crippen LogP contribution in [0.2, 0.25) is 5.02 Å². The van der Waals surface area contributed by atoms with Gasteiger partial charge in [0.2, 0.25) is 0 Å². The fraction of sp³-hybridized carbons (Fsp3) is 0.259. The number of hydrogen-bond donors (Lipinski definition) is 2. The summed E-state index contributed by atoms with van der Waals surface area (Å²) >= 11 is 6.18. The van der Waals surface area contributed by atoms with Crippen LogP contribution in [0.25, 0.3) is 11.1 Å². The Balaban J connectivity index is 1.78. The van der Waals surface area contributed by atoms with E-state index in [4.69, 9.17) is 16.7 Å². The second-order valence-electron chi connectivity index (χ2n) is 8.20. The molecule has 5 nitrogen and oxygen atoms in total. The van der Waals surface area contributed by atoms with Gasteiger partial charge >= 0.3 is 5.97 Å². The predicted octanol–water partition coefficient (Wildman–Crippen LogP) is 6.42. The minimum absolute atomic E-state index is 0.156. The van der Waals surface area contributed by atoms with Gasteiger partial charge in [0.1, 0.15) is 6.04 Å². The van der Waals surface area contributed by atoms with E-state index in [1.165, 1.54) is 24.4 Å². The molecule has 0 saturated heterocycles. The van der Waals surface area contributed by atoms with E-state index in [2.05, 4.69) is 30.4 Å². The first-order valence-corrected chi connectivity index (χ1v) is 11.3. The van der Waals surface area contributed by atoms with Gasteiger partial charge in [0.15, 0.2) is 0 Å². The minimum atomic E-state index is -1.04. The molecule has 3 aromatic carbocycles. The first-order chi connectivity index (χ1) is 15.7. The number of aryl methyl sites for hydroxylation is 1. The summed E-state index contributed by atoms with van der Waals surface area (Å²) in [6.07, 6.45) is 0.921. The van der Waals surface area contributed by atoms with Gasteiger partial charge in [-0.2, -0.15) is 0 Å². The number of hydrogen-bond acceptors (Lipinski definition) is 3. The number of carboxylic acid groups (broad SMARTS) is 1. The smallest absolute Gasteiger partial charge is 0.326 e.